The van der Waals surface area contributed by atoms with E-state index in [4.69, 9.17) is 24.4 Å². The number of nitrogens with zero attached hydrogens (tertiary/aromatic N) is 1. The van der Waals surface area contributed by atoms with Crippen molar-refractivity contribution in [3.05, 3.63) is 75.0 Å². The van der Waals surface area contributed by atoms with Gasteiger partial charge in [-0.15, -0.1) is 11.3 Å². The molecule has 3 aromatic rings. The van der Waals surface area contributed by atoms with Crippen LogP contribution >= 0.6 is 11.3 Å². The summed E-state index contributed by atoms with van der Waals surface area (Å²) in [4.78, 5) is 63.5. The lowest BCUT2D eigenvalue weighted by Crippen LogP contribution is -2.28. The Morgan fingerprint density at radius 1 is 1.00 bits per heavy atom. The lowest BCUT2D eigenvalue weighted by molar-refractivity contribution is 0.0452. The molecule has 0 spiro atoms. The predicted molar refractivity (Wildman–Crippen MR) is 120 cm³/mol. The van der Waals surface area contributed by atoms with E-state index in [1.165, 1.54) is 24.5 Å². The minimum absolute atomic E-state index is 0.00147. The van der Waals surface area contributed by atoms with Crippen LogP contribution in [0.2, 0.25) is 0 Å². The van der Waals surface area contributed by atoms with Crippen LogP contribution in [-0.4, -0.2) is 48.8 Å². The van der Waals surface area contributed by atoms with Gasteiger partial charge in [-0.1, -0.05) is 0 Å². The number of hydrogen-bond donors (Lipinski definition) is 1. The molecular weight excluding hydrogens is 480 g/mol. The normalized spacial score (nSPS) is 12.5. The van der Waals surface area contributed by atoms with Crippen LogP contribution in [0.3, 0.4) is 0 Å². The first-order valence-electron chi connectivity index (χ1n) is 10.0. The Hall–Kier alpha value is -4.45. The Balaban J connectivity index is 1.56. The molecule has 2 amide bonds. The van der Waals surface area contributed by atoms with Crippen LogP contribution in [0, 0.1) is 0 Å². The summed E-state index contributed by atoms with van der Waals surface area (Å²) in [6.45, 7) is -0.540. The second kappa shape index (κ2) is 9.43. The van der Waals surface area contributed by atoms with Gasteiger partial charge in [0.2, 0.25) is 0 Å². The summed E-state index contributed by atoms with van der Waals surface area (Å²) in [5, 5.41) is 0.00147. The number of furan rings is 1. The zero-order valence-electron chi connectivity index (χ0n) is 18.5. The predicted octanol–water partition coefficient (Wildman–Crippen LogP) is 2.65. The number of methoxy groups -OCH3 is 2. The average Bonchev–Trinajstić information content (AvgIpc) is 3.56. The molecule has 0 radical (unpaired) electrons. The molecule has 0 aliphatic carbocycles. The number of carbonyl (C=O) groups excluding carboxylic acids is 5. The molecule has 11 nitrogen and oxygen atoms in total. The maximum absolute atomic E-state index is 12.8. The topological polar surface area (TPSA) is 155 Å². The van der Waals surface area contributed by atoms with Crippen molar-refractivity contribution in [1.29, 1.82) is 0 Å². The molecule has 0 saturated heterocycles. The van der Waals surface area contributed by atoms with E-state index in [1.54, 1.807) is 12.1 Å². The number of rotatable bonds is 7. The van der Waals surface area contributed by atoms with Crippen molar-refractivity contribution in [2.45, 2.75) is 13.2 Å². The molecule has 12 heteroatoms. The first-order chi connectivity index (χ1) is 16.8. The molecule has 4 rings (SSSR count). The third-order valence-electron chi connectivity index (χ3n) is 5.24. The Morgan fingerprint density at radius 3 is 2.37 bits per heavy atom. The summed E-state index contributed by atoms with van der Waals surface area (Å²) in [6, 6.07) is 7.23. The van der Waals surface area contributed by atoms with Crippen molar-refractivity contribution >= 4 is 46.1 Å². The number of ether oxygens (including phenoxy) is 3. The van der Waals surface area contributed by atoms with Gasteiger partial charge in [-0.3, -0.25) is 14.5 Å². The Labute approximate surface area is 202 Å². The van der Waals surface area contributed by atoms with Crippen molar-refractivity contribution in [3.8, 4) is 0 Å². The van der Waals surface area contributed by atoms with Crippen LogP contribution < -0.4 is 5.73 Å². The molecule has 35 heavy (non-hydrogen) atoms. The van der Waals surface area contributed by atoms with Crippen molar-refractivity contribution in [2.75, 3.05) is 20.0 Å². The maximum atomic E-state index is 12.8. The molecule has 0 fully saturated rings. The molecule has 2 N–H and O–H groups in total. The summed E-state index contributed by atoms with van der Waals surface area (Å²) in [6.07, 6.45) is 1.43. The van der Waals surface area contributed by atoms with E-state index in [1.807, 2.05) is 0 Å². The highest BCUT2D eigenvalue weighted by Crippen LogP contribution is 2.33. The van der Waals surface area contributed by atoms with E-state index in [9.17, 15) is 24.0 Å². The van der Waals surface area contributed by atoms with Gasteiger partial charge >= 0.3 is 17.9 Å². The largest absolute Gasteiger partial charge is 0.467 e. The van der Waals surface area contributed by atoms with Crippen molar-refractivity contribution in [3.63, 3.8) is 0 Å². The van der Waals surface area contributed by atoms with Gasteiger partial charge in [0, 0.05) is 5.56 Å². The number of thiophene rings is 1. The maximum Gasteiger partial charge on any atom is 0.348 e. The zero-order valence-corrected chi connectivity index (χ0v) is 19.3. The molecule has 0 unspecified atom stereocenters. The fourth-order valence-corrected chi connectivity index (χ4v) is 4.53. The fourth-order valence-electron chi connectivity index (χ4n) is 3.55. The third-order valence-corrected chi connectivity index (χ3v) is 6.28. The number of amides is 2. The summed E-state index contributed by atoms with van der Waals surface area (Å²) in [7, 11) is 2.30. The van der Waals surface area contributed by atoms with Crippen LogP contribution in [0.5, 0.6) is 0 Å². The Morgan fingerprint density at radius 2 is 1.71 bits per heavy atom. The second-order valence-corrected chi connectivity index (χ2v) is 8.30. The highest BCUT2D eigenvalue weighted by atomic mass is 32.1. The fraction of sp³-hybridized carbons (Fsp3) is 0.174. The minimum atomic E-state index is -0.853. The quantitative estimate of drug-likeness (QED) is 0.292. The third kappa shape index (κ3) is 4.26. The van der Waals surface area contributed by atoms with Crippen LogP contribution in [0.25, 0.3) is 0 Å². The summed E-state index contributed by atoms with van der Waals surface area (Å²) in [5.74, 6) is -3.09. The van der Waals surface area contributed by atoms with Crippen LogP contribution in [-0.2, 0) is 27.4 Å². The first-order valence-corrected chi connectivity index (χ1v) is 10.9. The molecule has 0 bridgehead atoms. The Kier molecular flexibility index (Phi) is 6.38. The molecule has 1 aromatic carbocycles. The van der Waals surface area contributed by atoms with Gasteiger partial charge in [0.15, 0.2) is 0 Å². The van der Waals surface area contributed by atoms with Gasteiger partial charge in [-0.05, 0) is 30.3 Å². The van der Waals surface area contributed by atoms with Crippen LogP contribution in [0.15, 0.2) is 41.0 Å². The number of nitrogen functional groups attached to an aromatic ring is 1. The second-order valence-electron chi connectivity index (χ2n) is 7.24. The minimum Gasteiger partial charge on any atom is -0.467 e. The molecule has 1 aliphatic heterocycles. The molecule has 180 valence electrons. The number of hydrogen-bond acceptors (Lipinski definition) is 11. The molecule has 1 aliphatic rings. The van der Waals surface area contributed by atoms with E-state index >= 15 is 0 Å². The monoisotopic (exact) mass is 498 g/mol. The number of imide groups is 1. The van der Waals surface area contributed by atoms with E-state index in [0.717, 1.165) is 30.5 Å². The van der Waals surface area contributed by atoms with Gasteiger partial charge < -0.3 is 24.4 Å². The SMILES string of the molecule is COC(=O)c1sc(N)c(C(=O)OC)c1COC(=O)c1ccc2c(c1)C(=O)N(Cc1ccco1)C2=O. The van der Waals surface area contributed by atoms with Gasteiger partial charge in [-0.2, -0.15) is 0 Å². The number of nitrogens with two attached hydrogens (primary N) is 1. The standard InChI is InChI=1S/C23H18N2O9S/c1-31-22(29)16-15(17(23(30)32-2)35-18(16)24)10-34-21(28)11-5-6-13-14(8-11)20(27)25(19(13)26)9-12-4-3-7-33-12/h3-8H,9-10,24H2,1-2H3. The zero-order chi connectivity index (χ0) is 25.3. The smallest absolute Gasteiger partial charge is 0.348 e. The highest BCUT2D eigenvalue weighted by Gasteiger charge is 2.37. The van der Waals surface area contributed by atoms with Crippen LogP contribution in [0.4, 0.5) is 5.00 Å². The van der Waals surface area contributed by atoms with Crippen molar-refractivity contribution in [2.24, 2.45) is 0 Å². The van der Waals surface area contributed by atoms with E-state index in [2.05, 4.69) is 0 Å². The summed E-state index contributed by atoms with van der Waals surface area (Å²) < 4.78 is 19.9. The number of fused-ring (bicyclic) bond motifs is 1. The highest BCUT2D eigenvalue weighted by molar-refractivity contribution is 7.18. The lowest BCUT2D eigenvalue weighted by atomic mass is 10.1. The molecule has 0 saturated carbocycles. The van der Waals surface area contributed by atoms with E-state index < -0.39 is 36.3 Å². The number of carbonyl (C=O) groups is 5. The number of esters is 3. The van der Waals surface area contributed by atoms with Crippen LogP contribution in [0.1, 0.15) is 62.4 Å². The van der Waals surface area contributed by atoms with Gasteiger partial charge in [0.1, 0.15) is 27.8 Å². The Bertz CT molecular complexity index is 1360. The molecule has 3 heterocycles. The van der Waals surface area contributed by atoms with Gasteiger partial charge in [-0.25, -0.2) is 14.4 Å². The molecule has 0 atom stereocenters. The molecular formula is C23H18N2O9S. The van der Waals surface area contributed by atoms with Gasteiger partial charge in [0.25, 0.3) is 11.8 Å². The average molecular weight is 498 g/mol. The summed E-state index contributed by atoms with van der Waals surface area (Å²) >= 11 is 0.799. The van der Waals surface area contributed by atoms with Gasteiger partial charge in [0.05, 0.1) is 43.7 Å². The summed E-state index contributed by atoms with van der Waals surface area (Å²) in [5.41, 5.74) is 5.98. The number of benzene rings is 1. The first kappa shape index (κ1) is 23.7. The van der Waals surface area contributed by atoms with Crippen molar-refractivity contribution in [1.82, 2.24) is 4.90 Å². The molecule has 2 aromatic heterocycles. The van der Waals surface area contributed by atoms with E-state index in [0.29, 0.717) is 5.76 Å². The lowest BCUT2D eigenvalue weighted by Gasteiger charge is -2.11. The van der Waals surface area contributed by atoms with E-state index in [-0.39, 0.29) is 44.2 Å². The number of anilines is 1. The van der Waals surface area contributed by atoms with Crippen molar-refractivity contribution < 1.29 is 42.6 Å².